The van der Waals surface area contributed by atoms with E-state index in [0.717, 1.165) is 10.0 Å². The van der Waals surface area contributed by atoms with Crippen LogP contribution in [0.2, 0.25) is 0 Å². The molecular formula is C10H10BrN3O. The smallest absolute Gasteiger partial charge is 0.223 e. The topological polar surface area (TPSA) is 64.9 Å². The van der Waals surface area contributed by atoms with Crippen molar-refractivity contribution in [3.63, 3.8) is 0 Å². The van der Waals surface area contributed by atoms with Gasteiger partial charge in [0.05, 0.1) is 6.04 Å². The van der Waals surface area contributed by atoms with Crippen LogP contribution in [0.5, 0.6) is 0 Å². The fraction of sp³-hybridized carbons (Fsp3) is 0.200. The second-order valence-electron chi connectivity index (χ2n) is 3.20. The number of hydrogen-bond acceptors (Lipinski definition) is 4. The summed E-state index contributed by atoms with van der Waals surface area (Å²) in [5, 5.41) is 3.80. The van der Waals surface area contributed by atoms with Crippen molar-refractivity contribution < 1.29 is 4.52 Å². The van der Waals surface area contributed by atoms with Gasteiger partial charge in [0.25, 0.3) is 0 Å². The largest absolute Gasteiger partial charge is 0.340 e. The van der Waals surface area contributed by atoms with Crippen molar-refractivity contribution in [3.8, 4) is 0 Å². The van der Waals surface area contributed by atoms with Crippen molar-refractivity contribution >= 4 is 15.9 Å². The van der Waals surface area contributed by atoms with Crippen molar-refractivity contribution in [2.45, 2.75) is 13.0 Å². The lowest BCUT2D eigenvalue weighted by atomic mass is 10.1. The highest BCUT2D eigenvalue weighted by atomic mass is 79.9. The molecule has 0 spiro atoms. The Kier molecular flexibility index (Phi) is 2.83. The lowest BCUT2D eigenvalue weighted by Crippen LogP contribution is -2.13. The average Bonchev–Trinajstić information content (AvgIpc) is 2.64. The van der Waals surface area contributed by atoms with Crippen molar-refractivity contribution in [2.24, 2.45) is 5.73 Å². The predicted octanol–water partition coefficient (Wildman–Crippen LogP) is 2.19. The zero-order valence-corrected chi connectivity index (χ0v) is 9.73. The molecule has 1 aromatic carbocycles. The van der Waals surface area contributed by atoms with Gasteiger partial charge in [-0.15, -0.1) is 0 Å². The molecule has 2 rings (SSSR count). The van der Waals surface area contributed by atoms with E-state index >= 15 is 0 Å². The zero-order chi connectivity index (χ0) is 10.8. The highest BCUT2D eigenvalue weighted by molar-refractivity contribution is 9.10. The summed E-state index contributed by atoms with van der Waals surface area (Å²) < 4.78 is 5.87. The van der Waals surface area contributed by atoms with E-state index in [-0.39, 0.29) is 6.04 Å². The molecule has 0 amide bonds. The molecule has 1 heterocycles. The first kappa shape index (κ1) is 10.3. The van der Waals surface area contributed by atoms with Crippen LogP contribution in [-0.4, -0.2) is 10.1 Å². The highest BCUT2D eigenvalue weighted by Gasteiger charge is 2.14. The maximum atomic E-state index is 5.99. The van der Waals surface area contributed by atoms with Gasteiger partial charge in [0.15, 0.2) is 5.82 Å². The number of aryl methyl sites for hydroxylation is 1. The standard InChI is InChI=1S/C10H10BrN3O/c1-6-13-10(14-15-6)9(12)7-3-2-4-8(11)5-7/h2-5,9H,12H2,1H3. The van der Waals surface area contributed by atoms with Crippen LogP contribution in [0.4, 0.5) is 0 Å². The molecule has 5 heteroatoms. The minimum atomic E-state index is -0.347. The second-order valence-corrected chi connectivity index (χ2v) is 4.12. The quantitative estimate of drug-likeness (QED) is 0.906. The average molecular weight is 268 g/mol. The van der Waals surface area contributed by atoms with Crippen molar-refractivity contribution in [3.05, 3.63) is 46.0 Å². The van der Waals surface area contributed by atoms with E-state index in [0.29, 0.717) is 11.7 Å². The summed E-state index contributed by atoms with van der Waals surface area (Å²) in [6.45, 7) is 1.74. The Morgan fingerprint density at radius 3 is 2.87 bits per heavy atom. The molecule has 78 valence electrons. The summed E-state index contributed by atoms with van der Waals surface area (Å²) >= 11 is 3.39. The zero-order valence-electron chi connectivity index (χ0n) is 8.14. The molecule has 0 saturated heterocycles. The van der Waals surface area contributed by atoms with E-state index in [9.17, 15) is 0 Å². The number of hydrogen-bond donors (Lipinski definition) is 1. The normalized spacial score (nSPS) is 12.7. The van der Waals surface area contributed by atoms with E-state index in [1.165, 1.54) is 0 Å². The lowest BCUT2D eigenvalue weighted by Gasteiger charge is -2.07. The SMILES string of the molecule is Cc1nc(C(N)c2cccc(Br)c2)no1. The Morgan fingerprint density at radius 1 is 1.47 bits per heavy atom. The molecule has 2 aromatic rings. The fourth-order valence-electron chi connectivity index (χ4n) is 1.29. The first-order chi connectivity index (χ1) is 7.16. The van der Waals surface area contributed by atoms with Gasteiger partial charge in [-0.25, -0.2) is 0 Å². The summed E-state index contributed by atoms with van der Waals surface area (Å²) in [4.78, 5) is 4.10. The van der Waals surface area contributed by atoms with Gasteiger partial charge >= 0.3 is 0 Å². The number of rotatable bonds is 2. The number of nitrogens with zero attached hydrogens (tertiary/aromatic N) is 2. The molecule has 4 nitrogen and oxygen atoms in total. The minimum absolute atomic E-state index is 0.347. The summed E-state index contributed by atoms with van der Waals surface area (Å²) in [6, 6.07) is 7.39. The maximum Gasteiger partial charge on any atom is 0.223 e. The Hall–Kier alpha value is -1.20. The number of benzene rings is 1. The lowest BCUT2D eigenvalue weighted by molar-refractivity contribution is 0.385. The van der Waals surface area contributed by atoms with Crippen LogP contribution in [0.3, 0.4) is 0 Å². The number of aromatic nitrogens is 2. The van der Waals surface area contributed by atoms with E-state index in [4.69, 9.17) is 10.3 Å². The Labute approximate surface area is 95.6 Å². The van der Waals surface area contributed by atoms with Gasteiger partial charge in [-0.2, -0.15) is 4.98 Å². The molecule has 0 bridgehead atoms. The highest BCUT2D eigenvalue weighted by Crippen LogP contribution is 2.20. The van der Waals surface area contributed by atoms with E-state index in [1.807, 2.05) is 24.3 Å². The third kappa shape index (κ3) is 2.24. The predicted molar refractivity (Wildman–Crippen MR) is 59.2 cm³/mol. The van der Waals surface area contributed by atoms with E-state index in [2.05, 4.69) is 26.1 Å². The first-order valence-electron chi connectivity index (χ1n) is 4.48. The van der Waals surface area contributed by atoms with Crippen LogP contribution in [0.25, 0.3) is 0 Å². The van der Waals surface area contributed by atoms with Crippen molar-refractivity contribution in [1.82, 2.24) is 10.1 Å². The Balaban J connectivity index is 2.32. The summed E-state index contributed by atoms with van der Waals surface area (Å²) in [6.07, 6.45) is 0. The molecule has 0 aliphatic carbocycles. The maximum absolute atomic E-state index is 5.99. The van der Waals surface area contributed by atoms with Crippen LogP contribution < -0.4 is 5.73 Å². The molecule has 1 aromatic heterocycles. The van der Waals surface area contributed by atoms with Gasteiger partial charge in [-0.3, -0.25) is 0 Å². The van der Waals surface area contributed by atoms with Crippen LogP contribution in [-0.2, 0) is 0 Å². The molecule has 1 unspecified atom stereocenters. The summed E-state index contributed by atoms with van der Waals surface area (Å²) in [5.74, 6) is 1.03. The van der Waals surface area contributed by atoms with Gasteiger partial charge in [0.2, 0.25) is 5.89 Å². The Morgan fingerprint density at radius 2 is 2.27 bits per heavy atom. The van der Waals surface area contributed by atoms with Crippen LogP contribution >= 0.6 is 15.9 Å². The molecular weight excluding hydrogens is 258 g/mol. The molecule has 0 fully saturated rings. The van der Waals surface area contributed by atoms with Crippen LogP contribution in [0, 0.1) is 6.92 Å². The van der Waals surface area contributed by atoms with Gasteiger partial charge in [0.1, 0.15) is 0 Å². The minimum Gasteiger partial charge on any atom is -0.340 e. The molecule has 0 aliphatic rings. The third-order valence-electron chi connectivity index (χ3n) is 2.03. The van der Waals surface area contributed by atoms with Gasteiger partial charge in [-0.1, -0.05) is 33.2 Å². The van der Waals surface area contributed by atoms with Gasteiger partial charge in [-0.05, 0) is 17.7 Å². The molecule has 2 N–H and O–H groups in total. The van der Waals surface area contributed by atoms with Gasteiger partial charge in [0, 0.05) is 11.4 Å². The van der Waals surface area contributed by atoms with Crippen LogP contribution in [0.15, 0.2) is 33.3 Å². The van der Waals surface area contributed by atoms with E-state index in [1.54, 1.807) is 6.92 Å². The Bertz CT molecular complexity index is 469. The fourth-order valence-corrected chi connectivity index (χ4v) is 1.71. The van der Waals surface area contributed by atoms with E-state index < -0.39 is 0 Å². The molecule has 0 radical (unpaired) electrons. The molecule has 0 aliphatic heterocycles. The second kappa shape index (κ2) is 4.12. The monoisotopic (exact) mass is 267 g/mol. The number of nitrogens with two attached hydrogens (primary N) is 1. The van der Waals surface area contributed by atoms with Crippen molar-refractivity contribution in [1.29, 1.82) is 0 Å². The molecule has 0 saturated carbocycles. The molecule has 1 atom stereocenters. The summed E-state index contributed by atoms with van der Waals surface area (Å²) in [7, 11) is 0. The first-order valence-corrected chi connectivity index (χ1v) is 5.27. The van der Waals surface area contributed by atoms with Gasteiger partial charge < -0.3 is 10.3 Å². The number of halogens is 1. The van der Waals surface area contributed by atoms with Crippen molar-refractivity contribution in [2.75, 3.05) is 0 Å². The summed E-state index contributed by atoms with van der Waals surface area (Å²) in [5.41, 5.74) is 6.94. The molecule has 15 heavy (non-hydrogen) atoms. The van der Waals surface area contributed by atoms with Crippen LogP contribution in [0.1, 0.15) is 23.3 Å². The third-order valence-corrected chi connectivity index (χ3v) is 2.52.